The van der Waals surface area contributed by atoms with Crippen LogP contribution >= 0.6 is 0 Å². The quantitative estimate of drug-likeness (QED) is 0.712. The summed E-state index contributed by atoms with van der Waals surface area (Å²) in [5, 5.41) is 21.1. The van der Waals surface area contributed by atoms with Gasteiger partial charge >= 0.3 is 0 Å². The van der Waals surface area contributed by atoms with Crippen LogP contribution in [0.1, 0.15) is 24.5 Å². The van der Waals surface area contributed by atoms with Gasteiger partial charge in [0.2, 0.25) is 0 Å². The van der Waals surface area contributed by atoms with Crippen LogP contribution in [-0.2, 0) is 0 Å². The first kappa shape index (κ1) is 13.6. The van der Waals surface area contributed by atoms with Crippen LogP contribution in [0, 0.1) is 0 Å². The van der Waals surface area contributed by atoms with Crippen molar-refractivity contribution in [2.45, 2.75) is 24.8 Å². The Labute approximate surface area is 139 Å². The van der Waals surface area contributed by atoms with Crippen LogP contribution in [0.25, 0.3) is 5.65 Å². The van der Waals surface area contributed by atoms with Gasteiger partial charge in [0.05, 0.1) is 11.7 Å². The van der Waals surface area contributed by atoms with Crippen LogP contribution in [0.4, 0.5) is 11.6 Å². The van der Waals surface area contributed by atoms with E-state index in [1.165, 1.54) is 12.8 Å². The van der Waals surface area contributed by atoms with Crippen molar-refractivity contribution in [3.63, 3.8) is 0 Å². The normalized spacial score (nSPS) is 18.0. The molecule has 1 saturated heterocycles. The van der Waals surface area contributed by atoms with Crippen LogP contribution in [-0.4, -0.2) is 56.2 Å². The van der Waals surface area contributed by atoms with Crippen molar-refractivity contribution in [1.29, 1.82) is 0 Å². The van der Waals surface area contributed by atoms with Gasteiger partial charge in [-0.15, -0.1) is 20.4 Å². The maximum absolute atomic E-state index is 4.53. The third-order valence-electron chi connectivity index (χ3n) is 4.91. The number of fused-ring (bicyclic) bond motifs is 1. The molecular weight excluding hydrogens is 304 g/mol. The molecular formula is C16H18N8. The fourth-order valence-corrected chi connectivity index (χ4v) is 3.08. The summed E-state index contributed by atoms with van der Waals surface area (Å²) in [5.41, 5.74) is 1.90. The Kier molecular flexibility index (Phi) is 2.91. The van der Waals surface area contributed by atoms with E-state index in [1.807, 2.05) is 12.1 Å². The van der Waals surface area contributed by atoms with E-state index in [4.69, 9.17) is 0 Å². The minimum atomic E-state index is 0.421. The van der Waals surface area contributed by atoms with Crippen molar-refractivity contribution in [3.05, 3.63) is 36.3 Å². The van der Waals surface area contributed by atoms with Crippen molar-refractivity contribution < 1.29 is 0 Å². The van der Waals surface area contributed by atoms with E-state index in [1.54, 1.807) is 10.8 Å². The molecule has 3 aromatic rings. The highest BCUT2D eigenvalue weighted by Crippen LogP contribution is 2.38. The number of rotatable bonds is 4. The molecule has 4 heterocycles. The standard InChI is InChI=1S/C16H18N8/c1-22(14-5-4-13(18-20-14)11-2-3-11)12-8-23(9-12)16-7-6-15-19-17-10-24(15)21-16/h4-7,10-12H,2-3,8-9H2,1H3. The molecule has 0 bridgehead atoms. The van der Waals surface area contributed by atoms with Crippen molar-refractivity contribution in [3.8, 4) is 0 Å². The Morgan fingerprint density at radius 2 is 1.92 bits per heavy atom. The number of anilines is 2. The summed E-state index contributed by atoms with van der Waals surface area (Å²) < 4.78 is 1.70. The van der Waals surface area contributed by atoms with Gasteiger partial charge in [0.1, 0.15) is 12.1 Å². The smallest absolute Gasteiger partial charge is 0.177 e. The molecule has 0 radical (unpaired) electrons. The van der Waals surface area contributed by atoms with Crippen molar-refractivity contribution in [2.24, 2.45) is 0 Å². The maximum Gasteiger partial charge on any atom is 0.177 e. The lowest BCUT2D eigenvalue weighted by molar-refractivity contribution is 0.485. The third kappa shape index (κ3) is 2.26. The van der Waals surface area contributed by atoms with Crippen LogP contribution in [0.15, 0.2) is 30.6 Å². The summed E-state index contributed by atoms with van der Waals surface area (Å²) >= 11 is 0. The molecule has 8 nitrogen and oxygen atoms in total. The van der Waals surface area contributed by atoms with Gasteiger partial charge in [-0.3, -0.25) is 0 Å². The molecule has 1 aliphatic heterocycles. The summed E-state index contributed by atoms with van der Waals surface area (Å²) in [6.07, 6.45) is 4.13. The molecule has 3 aromatic heterocycles. The van der Waals surface area contributed by atoms with E-state index in [-0.39, 0.29) is 0 Å². The number of nitrogens with zero attached hydrogens (tertiary/aromatic N) is 8. The number of aromatic nitrogens is 6. The Hall–Kier alpha value is -2.77. The summed E-state index contributed by atoms with van der Waals surface area (Å²) in [5.74, 6) is 2.53. The van der Waals surface area contributed by atoms with Crippen molar-refractivity contribution >= 4 is 17.3 Å². The molecule has 1 aliphatic carbocycles. The largest absolute Gasteiger partial charge is 0.352 e. The summed E-state index contributed by atoms with van der Waals surface area (Å²) in [4.78, 5) is 4.45. The van der Waals surface area contributed by atoms with Gasteiger partial charge in [-0.2, -0.15) is 9.61 Å². The van der Waals surface area contributed by atoms with Gasteiger partial charge in [0, 0.05) is 26.1 Å². The van der Waals surface area contributed by atoms with Crippen LogP contribution in [0.5, 0.6) is 0 Å². The molecule has 0 amide bonds. The second-order valence-corrected chi connectivity index (χ2v) is 6.59. The first-order valence-corrected chi connectivity index (χ1v) is 8.26. The molecule has 2 aliphatic rings. The highest BCUT2D eigenvalue weighted by Gasteiger charge is 2.32. The molecule has 122 valence electrons. The van der Waals surface area contributed by atoms with Gasteiger partial charge in [0.25, 0.3) is 0 Å². The zero-order valence-electron chi connectivity index (χ0n) is 13.4. The molecule has 24 heavy (non-hydrogen) atoms. The highest BCUT2D eigenvalue weighted by atomic mass is 15.4. The summed E-state index contributed by atoms with van der Waals surface area (Å²) in [7, 11) is 2.08. The molecule has 0 atom stereocenters. The van der Waals surface area contributed by atoms with Gasteiger partial charge < -0.3 is 9.80 Å². The topological polar surface area (TPSA) is 75.3 Å². The predicted octanol–water partition coefficient (Wildman–Crippen LogP) is 1.12. The summed E-state index contributed by atoms with van der Waals surface area (Å²) in [6, 6.07) is 8.56. The van der Waals surface area contributed by atoms with E-state index in [2.05, 4.69) is 54.5 Å². The molecule has 8 heteroatoms. The minimum absolute atomic E-state index is 0.421. The first-order valence-electron chi connectivity index (χ1n) is 8.26. The molecule has 0 spiro atoms. The molecule has 2 fully saturated rings. The molecule has 0 N–H and O–H groups in total. The average Bonchev–Trinajstić information content (AvgIpc) is 3.31. The summed E-state index contributed by atoms with van der Waals surface area (Å²) in [6.45, 7) is 1.84. The van der Waals surface area contributed by atoms with E-state index >= 15 is 0 Å². The maximum atomic E-state index is 4.53. The Balaban J connectivity index is 1.26. The van der Waals surface area contributed by atoms with Crippen LogP contribution in [0.2, 0.25) is 0 Å². The van der Waals surface area contributed by atoms with Gasteiger partial charge in [-0.1, -0.05) is 0 Å². The fourth-order valence-electron chi connectivity index (χ4n) is 3.08. The van der Waals surface area contributed by atoms with Crippen molar-refractivity contribution in [2.75, 3.05) is 29.9 Å². The average molecular weight is 322 g/mol. The fraction of sp³-hybridized carbons (Fsp3) is 0.438. The SMILES string of the molecule is CN(c1ccc(C2CC2)nn1)C1CN(c2ccc3nncn3n2)C1. The zero-order chi connectivity index (χ0) is 16.1. The molecule has 5 rings (SSSR count). The molecule has 0 unspecified atom stereocenters. The Morgan fingerprint density at radius 3 is 2.67 bits per heavy atom. The highest BCUT2D eigenvalue weighted by molar-refractivity contribution is 5.50. The second kappa shape index (κ2) is 5.12. The van der Waals surface area contributed by atoms with Crippen molar-refractivity contribution in [1.82, 2.24) is 30.0 Å². The number of likely N-dealkylation sites (N-methyl/N-ethyl adjacent to an activating group) is 1. The van der Waals surface area contributed by atoms with Crippen LogP contribution < -0.4 is 9.80 Å². The predicted molar refractivity (Wildman–Crippen MR) is 89.2 cm³/mol. The lowest BCUT2D eigenvalue weighted by atomic mass is 10.1. The Morgan fingerprint density at radius 1 is 1.04 bits per heavy atom. The van der Waals surface area contributed by atoms with E-state index in [9.17, 15) is 0 Å². The van der Waals surface area contributed by atoms with Crippen LogP contribution in [0.3, 0.4) is 0 Å². The number of hydrogen-bond acceptors (Lipinski definition) is 7. The monoisotopic (exact) mass is 322 g/mol. The number of hydrogen-bond donors (Lipinski definition) is 0. The van der Waals surface area contributed by atoms with Gasteiger partial charge in [-0.05, 0) is 37.1 Å². The lowest BCUT2D eigenvalue weighted by Gasteiger charge is -2.44. The van der Waals surface area contributed by atoms with Gasteiger partial charge in [-0.25, -0.2) is 0 Å². The zero-order valence-corrected chi connectivity index (χ0v) is 13.4. The molecule has 0 aromatic carbocycles. The third-order valence-corrected chi connectivity index (χ3v) is 4.91. The Bertz CT molecular complexity index is 863. The lowest BCUT2D eigenvalue weighted by Crippen LogP contribution is -2.59. The van der Waals surface area contributed by atoms with Gasteiger partial charge in [0.15, 0.2) is 11.5 Å². The molecule has 1 saturated carbocycles. The van der Waals surface area contributed by atoms with E-state index < -0.39 is 0 Å². The second-order valence-electron chi connectivity index (χ2n) is 6.59. The van der Waals surface area contributed by atoms with E-state index in [0.717, 1.165) is 36.1 Å². The first-order chi connectivity index (χ1) is 11.8. The minimum Gasteiger partial charge on any atom is -0.352 e. The van der Waals surface area contributed by atoms with E-state index in [0.29, 0.717) is 12.0 Å².